The van der Waals surface area contributed by atoms with Gasteiger partial charge in [-0.2, -0.15) is 0 Å². The van der Waals surface area contributed by atoms with Crippen LogP contribution in [0.2, 0.25) is 0 Å². The van der Waals surface area contributed by atoms with Gasteiger partial charge in [-0.25, -0.2) is 13.1 Å². The van der Waals surface area contributed by atoms with E-state index in [2.05, 4.69) is 14.9 Å². The van der Waals surface area contributed by atoms with Crippen molar-refractivity contribution in [2.75, 3.05) is 11.9 Å². The fourth-order valence-electron chi connectivity index (χ4n) is 2.43. The van der Waals surface area contributed by atoms with E-state index in [-0.39, 0.29) is 35.6 Å². The second kappa shape index (κ2) is 5.99. The van der Waals surface area contributed by atoms with Crippen LogP contribution in [0.5, 0.6) is 0 Å². The van der Waals surface area contributed by atoms with E-state index in [1.54, 1.807) is 13.1 Å². The summed E-state index contributed by atoms with van der Waals surface area (Å²) in [6.07, 6.45) is 0.205. The molecule has 0 fully saturated rings. The number of carbonyl (C=O) groups excluding carboxylic acids is 1. The second-order valence-electron chi connectivity index (χ2n) is 5.93. The minimum atomic E-state index is -3.73. The Morgan fingerprint density at radius 1 is 1.33 bits per heavy atom. The van der Waals surface area contributed by atoms with Gasteiger partial charge in [-0.1, -0.05) is 13.8 Å². The molecule has 1 N–H and O–H groups in total. The van der Waals surface area contributed by atoms with E-state index in [1.165, 1.54) is 17.0 Å². The van der Waals surface area contributed by atoms with Gasteiger partial charge in [-0.05, 0) is 23.8 Å². The van der Waals surface area contributed by atoms with Crippen LogP contribution < -0.4 is 9.62 Å². The molecule has 8 nitrogen and oxygen atoms in total. The number of rotatable bonds is 5. The Morgan fingerprint density at radius 2 is 2.08 bits per heavy atom. The summed E-state index contributed by atoms with van der Waals surface area (Å²) in [6.45, 7) is 3.73. The maximum Gasteiger partial charge on any atom is 0.241 e. The number of hydrogen-bond donors (Lipinski definition) is 1. The lowest BCUT2D eigenvalue weighted by molar-refractivity contribution is -0.117. The molecule has 3 rings (SSSR count). The minimum Gasteiger partial charge on any atom is -0.424 e. The van der Waals surface area contributed by atoms with Crippen molar-refractivity contribution in [3.8, 4) is 0 Å². The van der Waals surface area contributed by atoms with Crippen molar-refractivity contribution in [2.45, 2.75) is 37.6 Å². The molecule has 0 radical (unpaired) electrons. The molecule has 0 unspecified atom stereocenters. The van der Waals surface area contributed by atoms with Gasteiger partial charge < -0.3 is 9.32 Å². The molecule has 9 heteroatoms. The average molecular weight is 350 g/mol. The number of anilines is 1. The Morgan fingerprint density at radius 3 is 2.75 bits per heavy atom. The van der Waals surface area contributed by atoms with E-state index in [9.17, 15) is 13.2 Å². The molecular weight excluding hydrogens is 332 g/mol. The Bertz CT molecular complexity index is 889. The number of benzene rings is 1. The molecule has 2 heterocycles. The van der Waals surface area contributed by atoms with Crippen LogP contribution in [0, 0.1) is 0 Å². The van der Waals surface area contributed by atoms with Crippen molar-refractivity contribution in [3.05, 3.63) is 35.5 Å². The fraction of sp³-hybridized carbons (Fsp3) is 0.400. The van der Waals surface area contributed by atoms with Gasteiger partial charge in [0.25, 0.3) is 0 Å². The van der Waals surface area contributed by atoms with Gasteiger partial charge in [0.05, 0.1) is 17.9 Å². The zero-order valence-corrected chi connectivity index (χ0v) is 14.4. The third-order valence-electron chi connectivity index (χ3n) is 3.83. The van der Waals surface area contributed by atoms with Gasteiger partial charge in [-0.15, -0.1) is 10.2 Å². The molecule has 0 spiro atoms. The number of aromatic nitrogens is 2. The normalized spacial score (nSPS) is 14.5. The summed E-state index contributed by atoms with van der Waals surface area (Å²) in [6, 6.07) is 4.63. The summed E-state index contributed by atoms with van der Waals surface area (Å²) in [4.78, 5) is 13.3. The van der Waals surface area contributed by atoms with E-state index < -0.39 is 10.0 Å². The smallest absolute Gasteiger partial charge is 0.241 e. The van der Waals surface area contributed by atoms with Crippen molar-refractivity contribution in [2.24, 2.45) is 0 Å². The van der Waals surface area contributed by atoms with E-state index in [4.69, 9.17) is 4.42 Å². The monoisotopic (exact) mass is 350 g/mol. The number of carbonyl (C=O) groups is 1. The fourth-order valence-corrected chi connectivity index (χ4v) is 3.45. The molecule has 1 aliphatic heterocycles. The molecule has 1 aromatic heterocycles. The predicted octanol–water partition coefficient (Wildman–Crippen LogP) is 1.19. The van der Waals surface area contributed by atoms with E-state index in [1.807, 2.05) is 13.8 Å². The maximum atomic E-state index is 12.4. The lowest BCUT2D eigenvalue weighted by Crippen LogP contribution is -2.23. The molecule has 0 bridgehead atoms. The highest BCUT2D eigenvalue weighted by Gasteiger charge is 2.26. The Hall–Kier alpha value is -2.26. The molecule has 128 valence electrons. The zero-order chi connectivity index (χ0) is 17.5. The highest BCUT2D eigenvalue weighted by molar-refractivity contribution is 7.89. The van der Waals surface area contributed by atoms with Crippen molar-refractivity contribution >= 4 is 21.6 Å². The summed E-state index contributed by atoms with van der Waals surface area (Å²) >= 11 is 0. The number of fused-ring (bicyclic) bond motifs is 1. The standard InChI is InChI=1S/C15H18N4O4S/c1-9(2)15-18-17-13(23-15)8-16-24(21,22)11-4-5-12-10(6-11)7-14(20)19(12)3/h4-6,9,16H,7-8H2,1-3H3. The first kappa shape index (κ1) is 16.6. The van der Waals surface area contributed by atoms with Crippen LogP contribution in [0.1, 0.15) is 37.1 Å². The molecular formula is C15H18N4O4S. The van der Waals surface area contributed by atoms with Crippen LogP contribution in [0.4, 0.5) is 5.69 Å². The van der Waals surface area contributed by atoms with Crippen molar-refractivity contribution in [1.29, 1.82) is 0 Å². The SMILES string of the molecule is CC(C)c1nnc(CNS(=O)(=O)c2ccc3c(c2)CC(=O)N3C)o1. The largest absolute Gasteiger partial charge is 0.424 e. The van der Waals surface area contributed by atoms with Crippen LogP contribution in [0.3, 0.4) is 0 Å². The number of nitrogens with one attached hydrogen (secondary N) is 1. The predicted molar refractivity (Wildman–Crippen MR) is 86.0 cm³/mol. The highest BCUT2D eigenvalue weighted by Crippen LogP contribution is 2.29. The lowest BCUT2D eigenvalue weighted by Gasteiger charge is -2.11. The first-order chi connectivity index (χ1) is 11.3. The average Bonchev–Trinajstić information content (AvgIpc) is 3.11. The summed E-state index contributed by atoms with van der Waals surface area (Å²) < 4.78 is 32.6. The number of hydrogen-bond acceptors (Lipinski definition) is 6. The number of nitrogens with zero attached hydrogens (tertiary/aromatic N) is 3. The molecule has 1 aliphatic rings. The van der Waals surface area contributed by atoms with Crippen molar-refractivity contribution in [1.82, 2.24) is 14.9 Å². The molecule has 0 atom stereocenters. The van der Waals surface area contributed by atoms with E-state index in [0.717, 1.165) is 5.69 Å². The number of amides is 1. The Labute approximate surface area is 139 Å². The zero-order valence-electron chi connectivity index (χ0n) is 13.6. The molecule has 0 saturated carbocycles. The van der Waals surface area contributed by atoms with Gasteiger partial charge in [-0.3, -0.25) is 4.79 Å². The van der Waals surface area contributed by atoms with Gasteiger partial charge in [0, 0.05) is 18.7 Å². The summed E-state index contributed by atoms with van der Waals surface area (Å²) in [5.74, 6) is 0.690. The summed E-state index contributed by atoms with van der Waals surface area (Å²) in [7, 11) is -2.06. The number of likely N-dealkylation sites (N-methyl/N-ethyl adjacent to an activating group) is 1. The molecule has 1 amide bonds. The van der Waals surface area contributed by atoms with Gasteiger partial charge in [0.1, 0.15) is 0 Å². The van der Waals surface area contributed by atoms with E-state index >= 15 is 0 Å². The summed E-state index contributed by atoms with van der Waals surface area (Å²) in [5.41, 5.74) is 1.43. The molecule has 0 aliphatic carbocycles. The topological polar surface area (TPSA) is 105 Å². The van der Waals surface area contributed by atoms with E-state index in [0.29, 0.717) is 11.5 Å². The third-order valence-corrected chi connectivity index (χ3v) is 5.23. The first-order valence-electron chi connectivity index (χ1n) is 7.49. The lowest BCUT2D eigenvalue weighted by atomic mass is 10.2. The molecule has 1 aromatic carbocycles. The minimum absolute atomic E-state index is 0.0559. The highest BCUT2D eigenvalue weighted by atomic mass is 32.2. The van der Waals surface area contributed by atoms with Gasteiger partial charge in [0.2, 0.25) is 27.7 Å². The molecule has 2 aromatic rings. The van der Waals surface area contributed by atoms with Crippen molar-refractivity contribution in [3.63, 3.8) is 0 Å². The van der Waals surface area contributed by atoms with Crippen LogP contribution in [0.25, 0.3) is 0 Å². The quantitative estimate of drug-likeness (QED) is 0.868. The third kappa shape index (κ3) is 3.04. The van der Waals surface area contributed by atoms with Crippen LogP contribution >= 0.6 is 0 Å². The Balaban J connectivity index is 1.76. The van der Waals surface area contributed by atoms with Crippen LogP contribution in [-0.2, 0) is 27.8 Å². The van der Waals surface area contributed by atoms with Gasteiger partial charge >= 0.3 is 0 Å². The van der Waals surface area contributed by atoms with Gasteiger partial charge in [0.15, 0.2) is 0 Å². The van der Waals surface area contributed by atoms with Crippen molar-refractivity contribution < 1.29 is 17.6 Å². The Kier molecular flexibility index (Phi) is 4.14. The van der Waals surface area contributed by atoms with Crippen LogP contribution in [0.15, 0.2) is 27.5 Å². The first-order valence-corrected chi connectivity index (χ1v) is 8.97. The molecule has 24 heavy (non-hydrogen) atoms. The summed E-state index contributed by atoms with van der Waals surface area (Å²) in [5, 5.41) is 7.68. The molecule has 0 saturated heterocycles. The maximum absolute atomic E-state index is 12.4. The second-order valence-corrected chi connectivity index (χ2v) is 7.70. The van der Waals surface area contributed by atoms with Crippen LogP contribution in [-0.4, -0.2) is 31.6 Å². The number of sulfonamides is 1.